The number of methoxy groups -OCH3 is 1. The lowest BCUT2D eigenvalue weighted by Gasteiger charge is -2.44. The van der Waals surface area contributed by atoms with E-state index in [4.69, 9.17) is 0 Å². The summed E-state index contributed by atoms with van der Waals surface area (Å²) in [6, 6.07) is -0.0959. The van der Waals surface area contributed by atoms with Crippen molar-refractivity contribution in [3.63, 3.8) is 0 Å². The lowest BCUT2D eigenvalue weighted by molar-refractivity contribution is -0.139. The molecule has 1 saturated heterocycles. The summed E-state index contributed by atoms with van der Waals surface area (Å²) in [7, 11) is -2.47. The minimum Gasteiger partial charge on any atom is -0.468 e. The van der Waals surface area contributed by atoms with Crippen LogP contribution in [0.25, 0.3) is 0 Å². The van der Waals surface area contributed by atoms with E-state index in [0.29, 0.717) is 0 Å². The van der Waals surface area contributed by atoms with E-state index in [0.717, 1.165) is 32.2 Å². The zero-order valence-corrected chi connectivity index (χ0v) is 13.7. The van der Waals surface area contributed by atoms with Crippen molar-refractivity contribution in [1.29, 1.82) is 0 Å². The molecular weight excluding hydrogens is 292 g/mol. The van der Waals surface area contributed by atoms with E-state index < -0.39 is 21.2 Å². The maximum Gasteiger partial charge on any atom is 0.325 e. The number of sulfonamides is 1. The molecule has 7 heteroatoms. The number of rotatable bonds is 4. The molecule has 1 heterocycles. The monoisotopic (exact) mass is 318 g/mol. The molecule has 6 nitrogen and oxygen atoms in total. The lowest BCUT2D eigenvalue weighted by Crippen LogP contribution is -2.57. The van der Waals surface area contributed by atoms with Crippen LogP contribution in [0.3, 0.4) is 0 Å². The summed E-state index contributed by atoms with van der Waals surface area (Å²) in [6.45, 7) is 2.19. The normalized spacial score (nSPS) is 27.2. The average molecular weight is 318 g/mol. The van der Waals surface area contributed by atoms with Gasteiger partial charge in [-0.2, -0.15) is 0 Å². The van der Waals surface area contributed by atoms with Gasteiger partial charge in [0, 0.05) is 11.6 Å². The van der Waals surface area contributed by atoms with Crippen LogP contribution >= 0.6 is 0 Å². The average Bonchev–Trinajstić information content (AvgIpc) is 2.46. The number of hydrogen-bond acceptors (Lipinski definition) is 5. The van der Waals surface area contributed by atoms with Crippen molar-refractivity contribution >= 4 is 16.0 Å². The highest BCUT2D eigenvalue weighted by atomic mass is 32.2. The van der Waals surface area contributed by atoms with Crippen LogP contribution in [0.4, 0.5) is 0 Å². The first-order valence-electron chi connectivity index (χ1n) is 7.73. The van der Waals surface area contributed by atoms with Gasteiger partial charge in [-0.25, -0.2) is 13.1 Å². The Morgan fingerprint density at radius 3 is 2.62 bits per heavy atom. The molecule has 0 amide bonds. The molecule has 1 spiro atoms. The summed E-state index contributed by atoms with van der Waals surface area (Å²) >= 11 is 0. The van der Waals surface area contributed by atoms with Crippen molar-refractivity contribution in [3.05, 3.63) is 0 Å². The number of carbonyl (C=O) groups excluding carboxylic acids is 1. The van der Waals surface area contributed by atoms with Crippen molar-refractivity contribution in [3.8, 4) is 0 Å². The van der Waals surface area contributed by atoms with Crippen molar-refractivity contribution in [1.82, 2.24) is 10.0 Å². The van der Waals surface area contributed by atoms with Crippen LogP contribution in [-0.4, -0.2) is 44.9 Å². The number of nitrogens with one attached hydrogen (secondary N) is 2. The third kappa shape index (κ3) is 3.96. The Morgan fingerprint density at radius 1 is 1.33 bits per heavy atom. The van der Waals surface area contributed by atoms with Gasteiger partial charge in [0.25, 0.3) is 0 Å². The Morgan fingerprint density at radius 2 is 2.00 bits per heavy atom. The fourth-order valence-electron chi connectivity index (χ4n) is 3.49. The molecule has 0 radical (unpaired) electrons. The van der Waals surface area contributed by atoms with Crippen LogP contribution < -0.4 is 10.0 Å². The quantitative estimate of drug-likeness (QED) is 0.753. The highest BCUT2D eigenvalue weighted by Crippen LogP contribution is 2.34. The predicted molar refractivity (Wildman–Crippen MR) is 80.4 cm³/mol. The van der Waals surface area contributed by atoms with Crippen molar-refractivity contribution in [2.24, 2.45) is 0 Å². The first-order chi connectivity index (χ1) is 9.88. The summed E-state index contributed by atoms with van der Waals surface area (Å²) in [5, 5.41) is 2.42. The summed E-state index contributed by atoms with van der Waals surface area (Å²) in [6.07, 6.45) is 7.44. The van der Waals surface area contributed by atoms with Crippen LogP contribution in [0.5, 0.6) is 0 Å². The Labute approximate surface area is 127 Å². The van der Waals surface area contributed by atoms with Crippen LogP contribution in [0.15, 0.2) is 0 Å². The number of esters is 1. The largest absolute Gasteiger partial charge is 0.468 e. The van der Waals surface area contributed by atoms with Gasteiger partial charge in [-0.3, -0.25) is 4.79 Å². The molecule has 0 aromatic heterocycles. The van der Waals surface area contributed by atoms with Crippen molar-refractivity contribution in [2.45, 2.75) is 68.7 Å². The van der Waals surface area contributed by atoms with Gasteiger partial charge in [0.1, 0.15) is 0 Å². The molecule has 0 bridgehead atoms. The lowest BCUT2D eigenvalue weighted by atomic mass is 9.75. The third-order valence-corrected chi connectivity index (χ3v) is 6.56. The molecule has 2 rings (SSSR count). The third-order valence-electron chi connectivity index (χ3n) is 4.77. The molecule has 2 unspecified atom stereocenters. The Bertz CT molecular complexity index is 466. The summed E-state index contributed by atoms with van der Waals surface area (Å²) < 4.78 is 31.7. The first kappa shape index (κ1) is 16.7. The summed E-state index contributed by atoms with van der Waals surface area (Å²) in [5.74, 6) is -0.719. The van der Waals surface area contributed by atoms with Crippen molar-refractivity contribution < 1.29 is 17.9 Å². The zero-order chi connectivity index (χ0) is 15.5. The minimum atomic E-state index is -3.68. The minimum absolute atomic E-state index is 0.0815. The van der Waals surface area contributed by atoms with E-state index in [1.54, 1.807) is 0 Å². The Hall–Kier alpha value is -0.660. The van der Waals surface area contributed by atoms with Gasteiger partial charge < -0.3 is 10.1 Å². The fourth-order valence-corrected chi connectivity index (χ4v) is 4.71. The molecule has 21 heavy (non-hydrogen) atoms. The van der Waals surface area contributed by atoms with Gasteiger partial charge in [0.2, 0.25) is 10.0 Å². The maximum absolute atomic E-state index is 12.2. The first-order valence-corrected chi connectivity index (χ1v) is 9.27. The van der Waals surface area contributed by atoms with Gasteiger partial charge in [-0.1, -0.05) is 19.3 Å². The number of hydrogen-bond donors (Lipinski definition) is 2. The number of piperidine rings is 1. The maximum atomic E-state index is 12.2. The standard InChI is InChI=1S/C14H26N2O4S/c1-11(13(17)20-2)21(18,19)16-12-6-9-15-14(10-12)7-4-3-5-8-14/h11-12,15-16H,3-10H2,1-2H3. The summed E-state index contributed by atoms with van der Waals surface area (Å²) in [4.78, 5) is 11.4. The molecule has 0 aromatic carbocycles. The van der Waals surface area contributed by atoms with Crippen LogP contribution in [-0.2, 0) is 19.6 Å². The van der Waals surface area contributed by atoms with Gasteiger partial charge in [0.05, 0.1) is 7.11 Å². The molecule has 2 fully saturated rings. The second kappa shape index (κ2) is 6.62. The molecule has 1 aliphatic carbocycles. The van der Waals surface area contributed by atoms with Crippen LogP contribution in [0, 0.1) is 0 Å². The SMILES string of the molecule is COC(=O)C(C)S(=O)(=O)NC1CCNC2(CCCCC2)C1. The molecule has 122 valence electrons. The highest BCUT2D eigenvalue weighted by Gasteiger charge is 2.39. The Balaban J connectivity index is 2.00. The van der Waals surface area contributed by atoms with E-state index >= 15 is 0 Å². The zero-order valence-electron chi connectivity index (χ0n) is 12.9. The molecule has 2 N–H and O–H groups in total. The van der Waals surface area contributed by atoms with Gasteiger partial charge in [-0.05, 0) is 39.2 Å². The molecular formula is C14H26N2O4S. The highest BCUT2D eigenvalue weighted by molar-refractivity contribution is 7.90. The predicted octanol–water partition coefficient (Wildman–Crippen LogP) is 0.922. The topological polar surface area (TPSA) is 84.5 Å². The van der Waals surface area contributed by atoms with E-state index in [2.05, 4.69) is 14.8 Å². The van der Waals surface area contributed by atoms with Gasteiger partial charge in [-0.15, -0.1) is 0 Å². The second-order valence-corrected chi connectivity index (χ2v) is 8.32. The molecule has 1 saturated carbocycles. The molecule has 0 aromatic rings. The molecule has 2 atom stereocenters. The smallest absolute Gasteiger partial charge is 0.325 e. The van der Waals surface area contributed by atoms with E-state index in [1.165, 1.54) is 33.3 Å². The van der Waals surface area contributed by atoms with E-state index in [-0.39, 0.29) is 11.6 Å². The van der Waals surface area contributed by atoms with E-state index in [9.17, 15) is 13.2 Å². The molecule has 1 aliphatic heterocycles. The van der Waals surface area contributed by atoms with Crippen LogP contribution in [0.1, 0.15) is 51.9 Å². The van der Waals surface area contributed by atoms with Crippen LogP contribution in [0.2, 0.25) is 0 Å². The van der Waals surface area contributed by atoms with Gasteiger partial charge in [0.15, 0.2) is 5.25 Å². The van der Waals surface area contributed by atoms with E-state index in [1.807, 2.05) is 0 Å². The van der Waals surface area contributed by atoms with Gasteiger partial charge >= 0.3 is 5.97 Å². The molecule has 2 aliphatic rings. The fraction of sp³-hybridized carbons (Fsp3) is 0.929. The van der Waals surface area contributed by atoms with Crippen molar-refractivity contribution in [2.75, 3.05) is 13.7 Å². The number of carbonyl (C=O) groups is 1. The Kier molecular flexibility index (Phi) is 5.27. The second-order valence-electron chi connectivity index (χ2n) is 6.29. The number of ether oxygens (including phenoxy) is 1. The summed E-state index contributed by atoms with van der Waals surface area (Å²) in [5.41, 5.74) is 0.0815.